The standard InChI is InChI=1S/C13H15BrO4/c1-2-18-13(17)11-8-9(4-3-7-14)5-6-10(11)12(15)16/h5-6,8H,2-4,7H2,1H3,(H,15,16). The highest BCUT2D eigenvalue weighted by molar-refractivity contribution is 9.09. The zero-order chi connectivity index (χ0) is 13.5. The molecule has 0 saturated heterocycles. The first-order valence-corrected chi connectivity index (χ1v) is 6.81. The molecule has 0 bridgehead atoms. The molecule has 0 atom stereocenters. The third-order valence-corrected chi connectivity index (χ3v) is 2.97. The van der Waals surface area contributed by atoms with Gasteiger partial charge in [0.15, 0.2) is 0 Å². The molecule has 0 aliphatic carbocycles. The molecule has 4 nitrogen and oxygen atoms in total. The van der Waals surface area contributed by atoms with Crippen molar-refractivity contribution in [2.24, 2.45) is 0 Å². The average Bonchev–Trinajstić information content (AvgIpc) is 2.36. The summed E-state index contributed by atoms with van der Waals surface area (Å²) < 4.78 is 4.87. The second kappa shape index (κ2) is 7.16. The molecule has 18 heavy (non-hydrogen) atoms. The Morgan fingerprint density at radius 1 is 1.33 bits per heavy atom. The fraction of sp³-hybridized carbons (Fsp3) is 0.385. The molecule has 1 aromatic rings. The maximum atomic E-state index is 11.7. The Balaban J connectivity index is 3.07. The summed E-state index contributed by atoms with van der Waals surface area (Å²) in [6.45, 7) is 1.91. The molecular weight excluding hydrogens is 300 g/mol. The zero-order valence-electron chi connectivity index (χ0n) is 10.1. The van der Waals surface area contributed by atoms with Crippen LogP contribution in [0.5, 0.6) is 0 Å². The van der Waals surface area contributed by atoms with Gasteiger partial charge < -0.3 is 9.84 Å². The van der Waals surface area contributed by atoms with Gasteiger partial charge in [0.25, 0.3) is 0 Å². The van der Waals surface area contributed by atoms with Gasteiger partial charge in [0.05, 0.1) is 17.7 Å². The van der Waals surface area contributed by atoms with Crippen LogP contribution in [0, 0.1) is 0 Å². The summed E-state index contributed by atoms with van der Waals surface area (Å²) >= 11 is 3.33. The number of rotatable bonds is 6. The smallest absolute Gasteiger partial charge is 0.339 e. The molecule has 1 aromatic carbocycles. The highest BCUT2D eigenvalue weighted by atomic mass is 79.9. The van der Waals surface area contributed by atoms with Crippen molar-refractivity contribution in [1.29, 1.82) is 0 Å². The number of benzene rings is 1. The molecule has 0 aliphatic heterocycles. The van der Waals surface area contributed by atoms with Gasteiger partial charge in [0, 0.05) is 5.33 Å². The number of hydrogen-bond donors (Lipinski definition) is 1. The first-order valence-electron chi connectivity index (χ1n) is 5.69. The summed E-state index contributed by atoms with van der Waals surface area (Å²) in [5.41, 5.74) is 1.04. The van der Waals surface area contributed by atoms with Gasteiger partial charge in [-0.25, -0.2) is 9.59 Å². The van der Waals surface area contributed by atoms with Crippen molar-refractivity contribution < 1.29 is 19.4 Å². The summed E-state index contributed by atoms with van der Waals surface area (Å²) in [5, 5.41) is 9.90. The number of carbonyl (C=O) groups excluding carboxylic acids is 1. The van der Waals surface area contributed by atoms with Gasteiger partial charge in [-0.05, 0) is 37.5 Å². The van der Waals surface area contributed by atoms with Crippen molar-refractivity contribution in [2.75, 3.05) is 11.9 Å². The van der Waals surface area contributed by atoms with Gasteiger partial charge >= 0.3 is 11.9 Å². The Labute approximate surface area is 114 Å². The van der Waals surface area contributed by atoms with Crippen LogP contribution in [-0.2, 0) is 11.2 Å². The maximum absolute atomic E-state index is 11.7. The van der Waals surface area contributed by atoms with Crippen molar-refractivity contribution in [3.05, 3.63) is 34.9 Å². The molecule has 0 amide bonds. The van der Waals surface area contributed by atoms with Gasteiger partial charge in [-0.2, -0.15) is 0 Å². The lowest BCUT2D eigenvalue weighted by Gasteiger charge is -2.08. The molecule has 0 radical (unpaired) electrons. The van der Waals surface area contributed by atoms with Crippen LogP contribution < -0.4 is 0 Å². The average molecular weight is 315 g/mol. The van der Waals surface area contributed by atoms with Gasteiger partial charge in [-0.3, -0.25) is 0 Å². The van der Waals surface area contributed by atoms with E-state index >= 15 is 0 Å². The Bertz CT molecular complexity index is 443. The minimum absolute atomic E-state index is 0.0176. The summed E-state index contributed by atoms with van der Waals surface area (Å²) in [6.07, 6.45) is 1.71. The number of halogens is 1. The molecule has 1 rings (SSSR count). The molecule has 0 aromatic heterocycles. The SMILES string of the molecule is CCOC(=O)c1cc(CCCBr)ccc1C(=O)O. The normalized spacial score (nSPS) is 10.1. The van der Waals surface area contributed by atoms with E-state index in [1.807, 2.05) is 0 Å². The minimum atomic E-state index is -1.12. The van der Waals surface area contributed by atoms with Crippen LogP contribution in [0.4, 0.5) is 0 Å². The summed E-state index contributed by atoms with van der Waals surface area (Å²) in [5.74, 6) is -1.71. The van der Waals surface area contributed by atoms with Crippen molar-refractivity contribution in [3.8, 4) is 0 Å². The highest BCUT2D eigenvalue weighted by Gasteiger charge is 2.17. The van der Waals surface area contributed by atoms with E-state index in [0.717, 1.165) is 23.7 Å². The minimum Gasteiger partial charge on any atom is -0.478 e. The number of esters is 1. The van der Waals surface area contributed by atoms with Crippen molar-refractivity contribution >= 4 is 27.9 Å². The van der Waals surface area contributed by atoms with E-state index < -0.39 is 11.9 Å². The fourth-order valence-corrected chi connectivity index (χ4v) is 1.86. The summed E-state index contributed by atoms with van der Waals surface area (Å²) in [4.78, 5) is 22.7. The van der Waals surface area contributed by atoms with Crippen LogP contribution in [0.1, 0.15) is 39.6 Å². The van der Waals surface area contributed by atoms with Crippen LogP contribution in [0.2, 0.25) is 0 Å². The Morgan fingerprint density at radius 3 is 2.61 bits per heavy atom. The van der Waals surface area contributed by atoms with Crippen LogP contribution in [0.15, 0.2) is 18.2 Å². The Hall–Kier alpha value is -1.36. The summed E-state index contributed by atoms with van der Waals surface area (Å²) in [6, 6.07) is 4.79. The van der Waals surface area contributed by atoms with Crippen molar-refractivity contribution in [3.63, 3.8) is 0 Å². The number of carbonyl (C=O) groups is 2. The molecule has 0 spiro atoms. The van der Waals surface area contributed by atoms with Crippen LogP contribution >= 0.6 is 15.9 Å². The number of carboxylic acids is 1. The molecule has 98 valence electrons. The third kappa shape index (κ3) is 3.84. The Morgan fingerprint density at radius 2 is 2.06 bits per heavy atom. The van der Waals surface area contributed by atoms with E-state index in [-0.39, 0.29) is 17.7 Å². The largest absolute Gasteiger partial charge is 0.478 e. The predicted octanol–water partition coefficient (Wildman–Crippen LogP) is 2.89. The number of alkyl halides is 1. The van der Waals surface area contributed by atoms with E-state index in [1.165, 1.54) is 6.07 Å². The molecule has 5 heteroatoms. The number of carboxylic acid groups (broad SMARTS) is 1. The number of aryl methyl sites for hydroxylation is 1. The van der Waals surface area contributed by atoms with E-state index in [2.05, 4.69) is 15.9 Å². The van der Waals surface area contributed by atoms with Crippen LogP contribution in [0.3, 0.4) is 0 Å². The first-order chi connectivity index (χ1) is 8.60. The molecule has 1 N–H and O–H groups in total. The zero-order valence-corrected chi connectivity index (χ0v) is 11.7. The highest BCUT2D eigenvalue weighted by Crippen LogP contribution is 2.15. The van der Waals surface area contributed by atoms with Crippen LogP contribution in [-0.4, -0.2) is 29.0 Å². The Kier molecular flexibility index (Phi) is 5.85. The van der Waals surface area contributed by atoms with Gasteiger partial charge in [-0.1, -0.05) is 22.0 Å². The molecule has 0 unspecified atom stereocenters. The van der Waals surface area contributed by atoms with E-state index in [1.54, 1.807) is 19.1 Å². The topological polar surface area (TPSA) is 63.6 Å². The maximum Gasteiger partial charge on any atom is 0.339 e. The van der Waals surface area contributed by atoms with Gasteiger partial charge in [0.2, 0.25) is 0 Å². The number of aromatic carboxylic acids is 1. The van der Waals surface area contributed by atoms with Gasteiger partial charge in [-0.15, -0.1) is 0 Å². The van der Waals surface area contributed by atoms with E-state index in [0.29, 0.717) is 0 Å². The number of hydrogen-bond acceptors (Lipinski definition) is 3. The monoisotopic (exact) mass is 314 g/mol. The van der Waals surface area contributed by atoms with E-state index in [4.69, 9.17) is 9.84 Å². The molecule has 0 saturated carbocycles. The second-order valence-corrected chi connectivity index (χ2v) is 4.49. The fourth-order valence-electron chi connectivity index (χ4n) is 1.58. The molecule has 0 aliphatic rings. The predicted molar refractivity (Wildman–Crippen MR) is 71.5 cm³/mol. The van der Waals surface area contributed by atoms with Crippen molar-refractivity contribution in [1.82, 2.24) is 0 Å². The summed E-state index contributed by atoms with van der Waals surface area (Å²) in [7, 11) is 0. The number of ether oxygens (including phenoxy) is 1. The molecule has 0 fully saturated rings. The molecular formula is C13H15BrO4. The molecule has 0 heterocycles. The van der Waals surface area contributed by atoms with Gasteiger partial charge in [0.1, 0.15) is 0 Å². The quantitative estimate of drug-likeness (QED) is 0.647. The van der Waals surface area contributed by atoms with Crippen LogP contribution in [0.25, 0.3) is 0 Å². The third-order valence-electron chi connectivity index (χ3n) is 2.41. The lowest BCUT2D eigenvalue weighted by molar-refractivity contribution is 0.0514. The first kappa shape index (κ1) is 14.7. The lowest BCUT2D eigenvalue weighted by Crippen LogP contribution is -2.12. The van der Waals surface area contributed by atoms with E-state index in [9.17, 15) is 9.59 Å². The lowest BCUT2D eigenvalue weighted by atomic mass is 10.0. The van der Waals surface area contributed by atoms with Crippen molar-refractivity contribution in [2.45, 2.75) is 19.8 Å². The second-order valence-electron chi connectivity index (χ2n) is 3.70.